The molecule has 0 aliphatic carbocycles. The van der Waals surface area contributed by atoms with Gasteiger partial charge in [-0.05, 0) is 43.8 Å². The number of hydrogen-bond acceptors (Lipinski definition) is 8. The highest BCUT2D eigenvalue weighted by molar-refractivity contribution is 7.98. The summed E-state index contributed by atoms with van der Waals surface area (Å²) in [7, 11) is 0. The summed E-state index contributed by atoms with van der Waals surface area (Å²) in [4.78, 5) is 21.5. The molecule has 0 aliphatic rings. The molecule has 0 saturated heterocycles. The Labute approximate surface area is 175 Å². The lowest BCUT2D eigenvalue weighted by Crippen LogP contribution is -2.43. The lowest BCUT2D eigenvalue weighted by molar-refractivity contribution is -0.137. The van der Waals surface area contributed by atoms with Crippen molar-refractivity contribution >= 4 is 35.1 Å². The van der Waals surface area contributed by atoms with Gasteiger partial charge in [-0.2, -0.15) is 23.4 Å². The Bertz CT molecular complexity index is 962. The Morgan fingerprint density at radius 1 is 1.37 bits per heavy atom. The van der Waals surface area contributed by atoms with Gasteiger partial charge in [-0.15, -0.1) is 11.8 Å². The van der Waals surface area contributed by atoms with E-state index in [0.29, 0.717) is 6.42 Å². The number of halogens is 3. The first-order chi connectivity index (χ1) is 14.1. The van der Waals surface area contributed by atoms with E-state index in [9.17, 15) is 23.2 Å². The van der Waals surface area contributed by atoms with Gasteiger partial charge in [0.15, 0.2) is 5.82 Å². The molecule has 8 nitrogen and oxygen atoms in total. The summed E-state index contributed by atoms with van der Waals surface area (Å²) in [6, 6.07) is 5.14. The van der Waals surface area contributed by atoms with Crippen LogP contribution < -0.4 is 22.1 Å². The van der Waals surface area contributed by atoms with E-state index in [1.807, 2.05) is 6.07 Å². The smallest absolute Gasteiger partial charge is 0.368 e. The van der Waals surface area contributed by atoms with E-state index in [4.69, 9.17) is 17.2 Å². The Morgan fingerprint density at radius 2 is 2.07 bits per heavy atom. The van der Waals surface area contributed by atoms with Gasteiger partial charge in [-0.1, -0.05) is 6.07 Å². The number of nitriles is 1. The summed E-state index contributed by atoms with van der Waals surface area (Å²) in [5, 5.41) is 9.89. The number of aromatic nitrogens is 2. The van der Waals surface area contributed by atoms with Crippen molar-refractivity contribution in [3.8, 4) is 6.07 Å². The van der Waals surface area contributed by atoms with Gasteiger partial charge in [0.05, 0.1) is 5.56 Å². The van der Waals surface area contributed by atoms with Crippen molar-refractivity contribution in [1.29, 1.82) is 5.26 Å². The third-order valence-electron chi connectivity index (χ3n) is 4.18. The molecule has 0 fully saturated rings. The molecule has 6 N–H and O–H groups in total. The molecular weight excluding hydrogens is 419 g/mol. The summed E-state index contributed by atoms with van der Waals surface area (Å²) in [5.74, 6) is -1.12. The molecule has 0 saturated carbocycles. The summed E-state index contributed by atoms with van der Waals surface area (Å²) < 4.78 is 39.9. The standard InChI is InChI=1S/C18H20F3N7OS/c1-30-16-12(9-23)15(26-17(25)27-16)28(13(14(24)29)6-3-7-22)11-5-2-4-10(8-11)18(19,20)21/h2,4-5,8,13H,3,6-7,22H2,1H3,(H2,24,29)(H2,25,26,27)/t13-/m0/s1. The van der Waals surface area contributed by atoms with Crippen LogP contribution in [0.5, 0.6) is 0 Å². The van der Waals surface area contributed by atoms with Crippen molar-refractivity contribution in [1.82, 2.24) is 9.97 Å². The Hall–Kier alpha value is -3.04. The fraction of sp³-hybridized carbons (Fsp3) is 0.333. The van der Waals surface area contributed by atoms with Crippen LogP contribution in [0.25, 0.3) is 0 Å². The fourth-order valence-electron chi connectivity index (χ4n) is 2.86. The topological polar surface area (TPSA) is 148 Å². The molecule has 30 heavy (non-hydrogen) atoms. The van der Waals surface area contributed by atoms with Crippen LogP contribution in [-0.2, 0) is 11.0 Å². The molecule has 0 bridgehead atoms. The second-order valence-electron chi connectivity index (χ2n) is 6.17. The molecular formula is C18H20F3N7OS. The third-order valence-corrected chi connectivity index (χ3v) is 4.86. The number of carbonyl (C=O) groups is 1. The van der Waals surface area contributed by atoms with E-state index in [2.05, 4.69) is 9.97 Å². The minimum absolute atomic E-state index is 0.0210. The average molecular weight is 439 g/mol. The maximum absolute atomic E-state index is 13.3. The lowest BCUT2D eigenvalue weighted by Gasteiger charge is -2.32. The first-order valence-electron chi connectivity index (χ1n) is 8.71. The van der Waals surface area contributed by atoms with E-state index in [1.165, 1.54) is 17.0 Å². The Kier molecular flexibility index (Phi) is 7.47. The van der Waals surface area contributed by atoms with Crippen LogP contribution in [0, 0.1) is 11.3 Å². The maximum Gasteiger partial charge on any atom is 0.416 e. The number of alkyl halides is 3. The number of amides is 1. The first-order valence-corrected chi connectivity index (χ1v) is 9.94. The third kappa shape index (κ3) is 5.11. The normalized spacial score (nSPS) is 12.3. The van der Waals surface area contributed by atoms with Gasteiger partial charge < -0.3 is 22.1 Å². The molecule has 1 aromatic heterocycles. The molecule has 1 amide bonds. The zero-order valence-electron chi connectivity index (χ0n) is 16.0. The van der Waals surface area contributed by atoms with Gasteiger partial charge in [-0.25, -0.2) is 4.98 Å². The molecule has 2 rings (SSSR count). The van der Waals surface area contributed by atoms with Crippen molar-refractivity contribution < 1.29 is 18.0 Å². The molecule has 1 heterocycles. The number of nitrogens with zero attached hydrogens (tertiary/aromatic N) is 4. The minimum Gasteiger partial charge on any atom is -0.368 e. The largest absolute Gasteiger partial charge is 0.416 e. The maximum atomic E-state index is 13.3. The molecule has 0 spiro atoms. The van der Waals surface area contributed by atoms with Gasteiger partial charge in [0.25, 0.3) is 0 Å². The van der Waals surface area contributed by atoms with Gasteiger partial charge in [0.2, 0.25) is 11.9 Å². The zero-order valence-corrected chi connectivity index (χ0v) is 16.8. The van der Waals surface area contributed by atoms with Crippen LogP contribution in [-0.4, -0.2) is 34.7 Å². The average Bonchev–Trinajstić information content (AvgIpc) is 2.69. The quantitative estimate of drug-likeness (QED) is 0.419. The number of anilines is 3. The van der Waals surface area contributed by atoms with E-state index in [-0.39, 0.29) is 41.0 Å². The van der Waals surface area contributed by atoms with Gasteiger partial charge >= 0.3 is 6.18 Å². The summed E-state index contributed by atoms with van der Waals surface area (Å²) in [5.41, 5.74) is 15.9. The number of rotatable bonds is 8. The lowest BCUT2D eigenvalue weighted by atomic mass is 10.1. The summed E-state index contributed by atoms with van der Waals surface area (Å²) in [6.45, 7) is 0.229. The molecule has 0 unspecified atom stereocenters. The minimum atomic E-state index is -4.62. The van der Waals surface area contributed by atoms with Crippen LogP contribution in [0.4, 0.5) is 30.6 Å². The summed E-state index contributed by atoms with van der Waals surface area (Å²) in [6.07, 6.45) is -2.47. The number of benzene rings is 1. The molecule has 0 aliphatic heterocycles. The second-order valence-corrected chi connectivity index (χ2v) is 6.96. The van der Waals surface area contributed by atoms with Gasteiger partial charge in [-0.3, -0.25) is 4.79 Å². The van der Waals surface area contributed by atoms with Crippen LogP contribution in [0.1, 0.15) is 24.0 Å². The van der Waals surface area contributed by atoms with E-state index in [1.54, 1.807) is 6.26 Å². The Morgan fingerprint density at radius 3 is 2.60 bits per heavy atom. The number of thioether (sulfide) groups is 1. The van der Waals surface area contributed by atoms with Crippen molar-refractivity contribution in [2.24, 2.45) is 11.5 Å². The number of carbonyl (C=O) groups excluding carboxylic acids is 1. The van der Waals surface area contributed by atoms with Crippen LogP contribution in [0.15, 0.2) is 29.3 Å². The first kappa shape index (κ1) is 23.2. The van der Waals surface area contributed by atoms with Crippen molar-refractivity contribution in [3.63, 3.8) is 0 Å². The summed E-state index contributed by atoms with van der Waals surface area (Å²) >= 11 is 1.11. The monoisotopic (exact) mass is 439 g/mol. The molecule has 12 heteroatoms. The van der Waals surface area contributed by atoms with E-state index >= 15 is 0 Å². The highest BCUT2D eigenvalue weighted by atomic mass is 32.2. The van der Waals surface area contributed by atoms with Crippen LogP contribution >= 0.6 is 11.8 Å². The molecule has 1 aromatic carbocycles. The highest BCUT2D eigenvalue weighted by Crippen LogP contribution is 2.37. The number of nitrogens with two attached hydrogens (primary N) is 3. The number of nitrogen functional groups attached to an aromatic ring is 1. The molecule has 2 aromatic rings. The second kappa shape index (κ2) is 9.64. The van der Waals surface area contributed by atoms with Crippen LogP contribution in [0.3, 0.4) is 0 Å². The number of hydrogen-bond donors (Lipinski definition) is 3. The molecule has 1 atom stereocenters. The van der Waals surface area contributed by atoms with Crippen molar-refractivity contribution in [2.45, 2.75) is 30.1 Å². The highest BCUT2D eigenvalue weighted by Gasteiger charge is 2.34. The van der Waals surface area contributed by atoms with Gasteiger partial charge in [0, 0.05) is 5.69 Å². The van der Waals surface area contributed by atoms with Gasteiger partial charge in [0.1, 0.15) is 22.7 Å². The molecule has 160 valence electrons. The van der Waals surface area contributed by atoms with E-state index < -0.39 is 23.7 Å². The number of primary amides is 1. The van der Waals surface area contributed by atoms with Crippen molar-refractivity contribution in [2.75, 3.05) is 23.4 Å². The Balaban J connectivity index is 2.81. The predicted molar refractivity (Wildman–Crippen MR) is 108 cm³/mol. The fourth-order valence-corrected chi connectivity index (χ4v) is 3.38. The SMILES string of the molecule is CSc1nc(N)nc(N(c2cccc(C(F)(F)F)c2)[C@@H](CCCN)C(N)=O)c1C#N. The van der Waals surface area contributed by atoms with Crippen molar-refractivity contribution in [3.05, 3.63) is 35.4 Å². The predicted octanol–water partition coefficient (Wildman–Crippen LogP) is 2.40. The zero-order chi connectivity index (χ0) is 22.5. The molecule has 0 radical (unpaired) electrons. The van der Waals surface area contributed by atoms with Crippen LogP contribution in [0.2, 0.25) is 0 Å². The van der Waals surface area contributed by atoms with E-state index in [0.717, 1.165) is 23.9 Å².